The summed E-state index contributed by atoms with van der Waals surface area (Å²) in [6.07, 6.45) is 0.290. The van der Waals surface area contributed by atoms with Crippen LogP contribution in [0.3, 0.4) is 0 Å². The summed E-state index contributed by atoms with van der Waals surface area (Å²) >= 11 is 0. The van der Waals surface area contributed by atoms with Crippen molar-refractivity contribution in [3.8, 4) is 23.0 Å². The number of ether oxygens (including phenoxy) is 4. The highest BCUT2D eigenvalue weighted by molar-refractivity contribution is 5.95. The van der Waals surface area contributed by atoms with Crippen LogP contribution in [0.25, 0.3) is 0 Å². The Bertz CT molecular complexity index is 874. The van der Waals surface area contributed by atoms with Gasteiger partial charge >= 0.3 is 0 Å². The molecule has 1 unspecified atom stereocenters. The molecule has 8 heteroatoms. The molecule has 0 saturated carbocycles. The lowest BCUT2D eigenvalue weighted by molar-refractivity contribution is -0.116. The monoisotopic (exact) mass is 345 g/mol. The number of hydrogen-bond donors (Lipinski definition) is 1. The number of rotatable bonds is 3. The quantitative estimate of drug-likeness (QED) is 0.915. The predicted molar refractivity (Wildman–Crippen MR) is 88.7 cm³/mol. The van der Waals surface area contributed by atoms with E-state index in [0.29, 0.717) is 35.2 Å². The fourth-order valence-electron chi connectivity index (χ4n) is 3.63. The summed E-state index contributed by atoms with van der Waals surface area (Å²) < 4.78 is 23.9. The molecule has 8 nitrogen and oxygen atoms in total. The number of hydrogen-bond acceptors (Lipinski definition) is 6. The van der Waals surface area contributed by atoms with Crippen LogP contribution in [-0.4, -0.2) is 36.7 Å². The number of amides is 1. The summed E-state index contributed by atoms with van der Waals surface area (Å²) in [5.41, 5.74) is 2.65. The maximum atomic E-state index is 12.3. The van der Waals surface area contributed by atoms with Crippen LogP contribution in [0, 0.1) is 6.92 Å². The first-order valence-corrected chi connectivity index (χ1v) is 7.93. The van der Waals surface area contributed by atoms with Gasteiger partial charge in [0.25, 0.3) is 0 Å². The highest BCUT2D eigenvalue weighted by atomic mass is 16.7. The molecule has 1 amide bonds. The van der Waals surface area contributed by atoms with Crippen molar-refractivity contribution in [3.63, 3.8) is 0 Å². The first kappa shape index (κ1) is 15.6. The Morgan fingerprint density at radius 1 is 1.28 bits per heavy atom. The fourth-order valence-corrected chi connectivity index (χ4v) is 3.63. The molecule has 0 radical (unpaired) electrons. The van der Waals surface area contributed by atoms with Crippen LogP contribution in [0.5, 0.6) is 23.0 Å². The number of carbonyl (C=O) groups excluding carboxylic acids is 1. The summed E-state index contributed by atoms with van der Waals surface area (Å²) in [5.74, 6) is 2.56. The Labute approximate surface area is 144 Å². The van der Waals surface area contributed by atoms with E-state index in [1.54, 1.807) is 18.9 Å². The lowest BCUT2D eigenvalue weighted by Crippen LogP contribution is -2.25. The number of benzene rings is 1. The maximum absolute atomic E-state index is 12.3. The molecule has 0 fully saturated rings. The van der Waals surface area contributed by atoms with Crippen molar-refractivity contribution in [3.05, 3.63) is 22.9 Å². The van der Waals surface area contributed by atoms with Gasteiger partial charge in [-0.1, -0.05) is 0 Å². The molecule has 2 aliphatic rings. The summed E-state index contributed by atoms with van der Waals surface area (Å²) in [6, 6.07) is 1.85. The first-order valence-electron chi connectivity index (χ1n) is 7.93. The third kappa shape index (κ3) is 2.20. The van der Waals surface area contributed by atoms with Gasteiger partial charge in [-0.25, -0.2) is 0 Å². The van der Waals surface area contributed by atoms with E-state index < -0.39 is 0 Å². The van der Waals surface area contributed by atoms with E-state index >= 15 is 0 Å². The van der Waals surface area contributed by atoms with Gasteiger partial charge in [0.15, 0.2) is 11.5 Å². The van der Waals surface area contributed by atoms with Crippen LogP contribution in [0.4, 0.5) is 5.82 Å². The number of nitrogens with one attached hydrogen (secondary N) is 1. The predicted octanol–water partition coefficient (Wildman–Crippen LogP) is 1.95. The van der Waals surface area contributed by atoms with Gasteiger partial charge in [-0.05, 0) is 13.0 Å². The third-order valence-electron chi connectivity index (χ3n) is 4.66. The molecular weight excluding hydrogens is 326 g/mol. The van der Waals surface area contributed by atoms with E-state index in [-0.39, 0.29) is 18.6 Å². The van der Waals surface area contributed by atoms with Gasteiger partial charge in [0.2, 0.25) is 24.2 Å². The second kappa shape index (κ2) is 5.58. The van der Waals surface area contributed by atoms with Gasteiger partial charge in [-0.15, -0.1) is 0 Å². The molecule has 1 atom stereocenters. The van der Waals surface area contributed by atoms with Crippen LogP contribution in [-0.2, 0) is 11.8 Å². The minimum absolute atomic E-state index is 0.0702. The molecule has 0 aliphatic carbocycles. The van der Waals surface area contributed by atoms with Crippen LogP contribution >= 0.6 is 0 Å². The van der Waals surface area contributed by atoms with E-state index in [9.17, 15) is 4.79 Å². The second-order valence-corrected chi connectivity index (χ2v) is 6.04. The largest absolute Gasteiger partial charge is 0.493 e. The molecule has 1 aromatic carbocycles. The average molecular weight is 345 g/mol. The molecule has 4 rings (SSSR count). The minimum Gasteiger partial charge on any atom is -0.493 e. The number of aryl methyl sites for hydroxylation is 2. The van der Waals surface area contributed by atoms with Crippen LogP contribution < -0.4 is 24.3 Å². The number of methoxy groups -OCH3 is 2. The van der Waals surface area contributed by atoms with Crippen molar-refractivity contribution in [1.29, 1.82) is 0 Å². The smallest absolute Gasteiger partial charge is 0.231 e. The molecule has 2 aromatic rings. The molecular formula is C17H19N3O5. The highest BCUT2D eigenvalue weighted by Gasteiger charge is 2.37. The molecule has 2 aliphatic heterocycles. The van der Waals surface area contributed by atoms with Crippen molar-refractivity contribution >= 4 is 11.7 Å². The molecule has 25 heavy (non-hydrogen) atoms. The SMILES string of the molecule is COc1cc(C2CC(=O)Nc3c2c(C)nn3C)c(OC)c2c1OCO2. The number of nitrogens with zero attached hydrogens (tertiary/aromatic N) is 2. The van der Waals surface area contributed by atoms with Crippen molar-refractivity contribution in [2.45, 2.75) is 19.3 Å². The van der Waals surface area contributed by atoms with E-state index in [0.717, 1.165) is 16.8 Å². The van der Waals surface area contributed by atoms with Crippen LogP contribution in [0.15, 0.2) is 6.07 Å². The van der Waals surface area contributed by atoms with E-state index in [1.165, 1.54) is 0 Å². The zero-order valence-electron chi connectivity index (χ0n) is 14.5. The van der Waals surface area contributed by atoms with Gasteiger partial charge in [0, 0.05) is 30.5 Å². The second-order valence-electron chi connectivity index (χ2n) is 6.04. The lowest BCUT2D eigenvalue weighted by Gasteiger charge is -2.26. The Kier molecular flexibility index (Phi) is 3.48. The number of aromatic nitrogens is 2. The first-order chi connectivity index (χ1) is 12.0. The maximum Gasteiger partial charge on any atom is 0.231 e. The van der Waals surface area contributed by atoms with E-state index in [4.69, 9.17) is 18.9 Å². The minimum atomic E-state index is -0.212. The van der Waals surface area contributed by atoms with Gasteiger partial charge in [-0.3, -0.25) is 9.48 Å². The van der Waals surface area contributed by atoms with Crippen molar-refractivity contribution in [2.24, 2.45) is 7.05 Å². The number of carbonyl (C=O) groups is 1. The zero-order chi connectivity index (χ0) is 17.7. The molecule has 1 N–H and O–H groups in total. The Balaban J connectivity index is 1.95. The van der Waals surface area contributed by atoms with Gasteiger partial charge in [0.05, 0.1) is 19.9 Å². The topological polar surface area (TPSA) is 83.8 Å². The summed E-state index contributed by atoms with van der Waals surface area (Å²) in [6.45, 7) is 2.04. The molecule has 0 spiro atoms. The Morgan fingerprint density at radius 3 is 2.76 bits per heavy atom. The van der Waals surface area contributed by atoms with E-state index in [2.05, 4.69) is 10.4 Å². The lowest BCUT2D eigenvalue weighted by atomic mass is 9.84. The molecule has 3 heterocycles. The Hall–Kier alpha value is -2.90. The third-order valence-corrected chi connectivity index (χ3v) is 4.66. The summed E-state index contributed by atoms with van der Waals surface area (Å²) in [5, 5.41) is 7.35. The normalized spacial score (nSPS) is 17.9. The number of anilines is 1. The van der Waals surface area contributed by atoms with Crippen molar-refractivity contribution < 1.29 is 23.7 Å². The Morgan fingerprint density at radius 2 is 2.04 bits per heavy atom. The standard InChI is InChI=1S/C17H19N3O5/c1-8-13-9(6-12(21)18-17(13)20(2)19-8)10-5-11(22-3)15-16(14(10)23-4)25-7-24-15/h5,9H,6-7H2,1-4H3,(H,18,21). The molecule has 0 bridgehead atoms. The van der Waals surface area contributed by atoms with Crippen LogP contribution in [0.2, 0.25) is 0 Å². The van der Waals surface area contributed by atoms with Gasteiger partial charge in [-0.2, -0.15) is 5.10 Å². The average Bonchev–Trinajstić information content (AvgIpc) is 3.18. The molecule has 132 valence electrons. The highest BCUT2D eigenvalue weighted by Crippen LogP contribution is 2.53. The molecule has 0 saturated heterocycles. The van der Waals surface area contributed by atoms with Crippen LogP contribution in [0.1, 0.15) is 29.2 Å². The van der Waals surface area contributed by atoms with Gasteiger partial charge < -0.3 is 24.3 Å². The van der Waals surface area contributed by atoms with E-state index in [1.807, 2.05) is 20.0 Å². The number of fused-ring (bicyclic) bond motifs is 2. The van der Waals surface area contributed by atoms with Gasteiger partial charge in [0.1, 0.15) is 5.82 Å². The molecule has 1 aromatic heterocycles. The fraction of sp³-hybridized carbons (Fsp3) is 0.412. The van der Waals surface area contributed by atoms with Crippen molar-refractivity contribution in [1.82, 2.24) is 9.78 Å². The zero-order valence-corrected chi connectivity index (χ0v) is 14.5. The van der Waals surface area contributed by atoms with Crippen molar-refractivity contribution in [2.75, 3.05) is 26.3 Å². The summed E-state index contributed by atoms with van der Waals surface area (Å²) in [4.78, 5) is 12.3. The summed E-state index contributed by atoms with van der Waals surface area (Å²) in [7, 11) is 4.96.